The van der Waals surface area contributed by atoms with Gasteiger partial charge in [-0.25, -0.2) is 0 Å². The first-order valence-electron chi connectivity index (χ1n) is 8.72. The number of likely N-dealkylation sites (tertiary alicyclic amines) is 1. The minimum absolute atomic E-state index is 0.507. The second-order valence-electron chi connectivity index (χ2n) is 7.53. The van der Waals surface area contributed by atoms with Gasteiger partial charge in [0.15, 0.2) is 0 Å². The lowest BCUT2D eigenvalue weighted by atomic mass is 9.52. The number of fused-ring (bicyclic) bond motifs is 1. The second-order valence-corrected chi connectivity index (χ2v) is 7.53. The molecule has 0 radical (unpaired) electrons. The molecular formula is C19H28N2. The standard InChI is InChI=1S/C19H28N2/c1-20-13-14-6-7-15-12-18-16-5-3-4-8-19(16,17(15)11-14)9-10-21(18)2/h6-7,11,16,18,20H,3-5,8-10,12-13H2,1-2H3/t16-,18+,19+/m0/s1. The first-order valence-corrected chi connectivity index (χ1v) is 8.72. The second kappa shape index (κ2) is 5.10. The summed E-state index contributed by atoms with van der Waals surface area (Å²) in [6.45, 7) is 2.29. The van der Waals surface area contributed by atoms with E-state index in [0.29, 0.717) is 5.41 Å². The quantitative estimate of drug-likeness (QED) is 0.898. The lowest BCUT2D eigenvalue weighted by Gasteiger charge is -2.58. The molecule has 2 nitrogen and oxygen atoms in total. The summed E-state index contributed by atoms with van der Waals surface area (Å²) in [6.07, 6.45) is 8.41. The highest BCUT2D eigenvalue weighted by Crippen LogP contribution is 2.55. The van der Waals surface area contributed by atoms with Crippen molar-refractivity contribution in [3.63, 3.8) is 0 Å². The summed E-state index contributed by atoms with van der Waals surface area (Å²) in [5.41, 5.74) is 5.34. The van der Waals surface area contributed by atoms with Crippen molar-refractivity contribution in [1.82, 2.24) is 10.2 Å². The Hall–Kier alpha value is -0.860. The molecule has 2 heteroatoms. The van der Waals surface area contributed by atoms with Crippen LogP contribution in [0.15, 0.2) is 18.2 Å². The fourth-order valence-corrected chi connectivity index (χ4v) is 5.56. The van der Waals surface area contributed by atoms with Gasteiger partial charge in [0, 0.05) is 18.0 Å². The minimum atomic E-state index is 0.507. The maximum Gasteiger partial charge on any atom is 0.0202 e. The molecule has 1 saturated carbocycles. The summed E-state index contributed by atoms with van der Waals surface area (Å²) in [4.78, 5) is 2.65. The maximum atomic E-state index is 3.31. The molecule has 114 valence electrons. The summed E-state index contributed by atoms with van der Waals surface area (Å²) < 4.78 is 0. The molecule has 2 bridgehead atoms. The summed E-state index contributed by atoms with van der Waals surface area (Å²) >= 11 is 0. The van der Waals surface area contributed by atoms with Crippen molar-refractivity contribution in [2.75, 3.05) is 20.6 Å². The fraction of sp³-hybridized carbons (Fsp3) is 0.684. The van der Waals surface area contributed by atoms with Gasteiger partial charge >= 0.3 is 0 Å². The zero-order valence-electron chi connectivity index (χ0n) is 13.5. The summed E-state index contributed by atoms with van der Waals surface area (Å²) in [7, 11) is 4.40. The van der Waals surface area contributed by atoms with E-state index in [9.17, 15) is 0 Å². The molecule has 2 fully saturated rings. The van der Waals surface area contributed by atoms with E-state index in [2.05, 4.69) is 35.5 Å². The Morgan fingerprint density at radius 3 is 3.05 bits per heavy atom. The third kappa shape index (κ3) is 1.99. The maximum absolute atomic E-state index is 3.31. The van der Waals surface area contributed by atoms with Crippen LogP contribution in [0.4, 0.5) is 0 Å². The number of likely N-dealkylation sites (N-methyl/N-ethyl adjacent to an activating group) is 1. The molecule has 1 aromatic carbocycles. The van der Waals surface area contributed by atoms with Gasteiger partial charge in [0.2, 0.25) is 0 Å². The summed E-state index contributed by atoms with van der Waals surface area (Å²) in [5.74, 6) is 0.905. The molecule has 1 saturated heterocycles. The van der Waals surface area contributed by atoms with E-state index in [4.69, 9.17) is 0 Å². The van der Waals surface area contributed by atoms with Crippen molar-refractivity contribution in [1.29, 1.82) is 0 Å². The molecule has 0 amide bonds. The summed E-state index contributed by atoms with van der Waals surface area (Å²) in [6, 6.07) is 8.11. The third-order valence-electron chi connectivity index (χ3n) is 6.56. The molecule has 0 spiro atoms. The van der Waals surface area contributed by atoms with Crippen molar-refractivity contribution in [3.8, 4) is 0 Å². The fourth-order valence-electron chi connectivity index (χ4n) is 5.56. The lowest BCUT2D eigenvalue weighted by Crippen LogP contribution is -2.59. The van der Waals surface area contributed by atoms with E-state index in [1.165, 1.54) is 50.6 Å². The summed E-state index contributed by atoms with van der Waals surface area (Å²) in [5, 5.41) is 3.31. The van der Waals surface area contributed by atoms with Gasteiger partial charge in [0.05, 0.1) is 0 Å². The first-order chi connectivity index (χ1) is 10.2. The van der Waals surface area contributed by atoms with Crippen molar-refractivity contribution in [3.05, 3.63) is 34.9 Å². The predicted octanol–water partition coefficient (Wildman–Crippen LogP) is 3.09. The average Bonchev–Trinajstić information content (AvgIpc) is 2.52. The van der Waals surface area contributed by atoms with Gasteiger partial charge in [-0.1, -0.05) is 31.0 Å². The number of piperidine rings is 1. The molecule has 1 aromatic rings. The number of nitrogens with one attached hydrogen (secondary N) is 1. The van der Waals surface area contributed by atoms with Crippen molar-refractivity contribution in [2.45, 2.75) is 56.5 Å². The Morgan fingerprint density at radius 2 is 2.19 bits per heavy atom. The van der Waals surface area contributed by atoms with E-state index in [1.807, 2.05) is 7.05 Å². The molecule has 3 atom stereocenters. The van der Waals surface area contributed by atoms with Crippen LogP contribution >= 0.6 is 0 Å². The highest BCUT2D eigenvalue weighted by molar-refractivity contribution is 5.43. The van der Waals surface area contributed by atoms with Crippen LogP contribution in [-0.2, 0) is 18.4 Å². The largest absolute Gasteiger partial charge is 0.316 e. The third-order valence-corrected chi connectivity index (χ3v) is 6.56. The van der Waals surface area contributed by atoms with E-state index < -0.39 is 0 Å². The van der Waals surface area contributed by atoms with Crippen molar-refractivity contribution in [2.24, 2.45) is 5.92 Å². The van der Waals surface area contributed by atoms with Gasteiger partial charge in [0.25, 0.3) is 0 Å². The lowest BCUT2D eigenvalue weighted by molar-refractivity contribution is 0.00281. The molecule has 0 unspecified atom stereocenters. The molecule has 4 rings (SSSR count). The minimum Gasteiger partial charge on any atom is -0.316 e. The molecule has 21 heavy (non-hydrogen) atoms. The van der Waals surface area contributed by atoms with Crippen LogP contribution in [0.3, 0.4) is 0 Å². The van der Waals surface area contributed by atoms with E-state index >= 15 is 0 Å². The van der Waals surface area contributed by atoms with Crippen LogP contribution in [0.1, 0.15) is 48.8 Å². The van der Waals surface area contributed by atoms with Gasteiger partial charge in [0.1, 0.15) is 0 Å². The van der Waals surface area contributed by atoms with E-state index in [-0.39, 0.29) is 0 Å². The van der Waals surface area contributed by atoms with Gasteiger partial charge in [-0.15, -0.1) is 0 Å². The van der Waals surface area contributed by atoms with Crippen molar-refractivity contribution >= 4 is 0 Å². The Balaban J connectivity index is 1.83. The molecule has 0 aromatic heterocycles. The van der Waals surface area contributed by atoms with Crippen LogP contribution in [-0.4, -0.2) is 31.6 Å². The Bertz CT molecular complexity index is 538. The molecule has 3 aliphatic rings. The normalized spacial score (nSPS) is 35.1. The van der Waals surface area contributed by atoms with Crippen LogP contribution in [0.5, 0.6) is 0 Å². The van der Waals surface area contributed by atoms with Crippen LogP contribution in [0.2, 0.25) is 0 Å². The molecule has 2 aliphatic carbocycles. The SMILES string of the molecule is CNCc1ccc2c(c1)[C@@]13CCCC[C@H]1[C@@H](C2)N(C)CC3. The van der Waals surface area contributed by atoms with Gasteiger partial charge in [-0.2, -0.15) is 0 Å². The van der Waals surface area contributed by atoms with Crippen LogP contribution in [0.25, 0.3) is 0 Å². The zero-order chi connectivity index (χ0) is 14.4. The Morgan fingerprint density at radius 1 is 1.29 bits per heavy atom. The van der Waals surface area contributed by atoms with E-state index in [1.54, 1.807) is 11.1 Å². The number of nitrogens with zero attached hydrogens (tertiary/aromatic N) is 1. The number of hydrogen-bond acceptors (Lipinski definition) is 2. The van der Waals surface area contributed by atoms with Crippen LogP contribution in [0, 0.1) is 5.92 Å². The zero-order valence-corrected chi connectivity index (χ0v) is 13.5. The first kappa shape index (κ1) is 13.8. The van der Waals surface area contributed by atoms with Gasteiger partial charge < -0.3 is 10.2 Å². The smallest absolute Gasteiger partial charge is 0.0202 e. The molecule has 1 aliphatic heterocycles. The molecule has 1 N–H and O–H groups in total. The molecular weight excluding hydrogens is 256 g/mol. The highest BCUT2D eigenvalue weighted by atomic mass is 15.1. The number of hydrogen-bond donors (Lipinski definition) is 1. The Kier molecular flexibility index (Phi) is 3.35. The van der Waals surface area contributed by atoms with Gasteiger partial charge in [-0.05, 0) is 68.9 Å². The topological polar surface area (TPSA) is 15.3 Å². The number of rotatable bonds is 2. The van der Waals surface area contributed by atoms with Gasteiger partial charge in [-0.3, -0.25) is 0 Å². The Labute approximate surface area is 128 Å². The monoisotopic (exact) mass is 284 g/mol. The van der Waals surface area contributed by atoms with Crippen molar-refractivity contribution < 1.29 is 0 Å². The van der Waals surface area contributed by atoms with E-state index in [0.717, 1.165) is 18.5 Å². The number of benzene rings is 1. The average molecular weight is 284 g/mol. The molecule has 1 heterocycles. The van der Waals surface area contributed by atoms with Crippen LogP contribution < -0.4 is 5.32 Å². The highest BCUT2D eigenvalue weighted by Gasteiger charge is 2.52. The predicted molar refractivity (Wildman–Crippen MR) is 87.6 cm³/mol.